The number of aliphatic hydroxyl groups is 2. The number of aliphatic hydroxyl groups excluding tert-OH is 2. The highest BCUT2D eigenvalue weighted by atomic mass is 16.3. The SMILES string of the molecule is CC/C=C\C/C=C\C/C=C\C/C=C\CCCCCCC(=O)NC(CO)C(O)/C=C/CC/C=C/CC/C=C/CCCCCCCCCCCCCCCCC. The third-order valence-electron chi connectivity index (χ3n) is 9.84. The van der Waals surface area contributed by atoms with E-state index in [4.69, 9.17) is 0 Å². The van der Waals surface area contributed by atoms with Crippen LogP contribution in [0.1, 0.15) is 206 Å². The van der Waals surface area contributed by atoms with Crippen LogP contribution in [-0.4, -0.2) is 34.9 Å². The molecular formula is C50H87NO3. The zero-order chi connectivity index (χ0) is 39.3. The molecule has 3 N–H and O–H groups in total. The molecular weight excluding hydrogens is 663 g/mol. The van der Waals surface area contributed by atoms with Crippen molar-refractivity contribution in [2.24, 2.45) is 0 Å². The van der Waals surface area contributed by atoms with Crippen LogP contribution < -0.4 is 5.32 Å². The van der Waals surface area contributed by atoms with Crippen molar-refractivity contribution in [3.63, 3.8) is 0 Å². The quantitative estimate of drug-likeness (QED) is 0.0431. The average molecular weight is 750 g/mol. The van der Waals surface area contributed by atoms with E-state index in [0.717, 1.165) is 83.5 Å². The number of hydrogen-bond donors (Lipinski definition) is 3. The van der Waals surface area contributed by atoms with Gasteiger partial charge in [-0.1, -0.05) is 202 Å². The summed E-state index contributed by atoms with van der Waals surface area (Å²) in [4.78, 5) is 12.4. The second kappa shape index (κ2) is 45.0. The average Bonchev–Trinajstić information content (AvgIpc) is 3.18. The minimum atomic E-state index is -0.885. The van der Waals surface area contributed by atoms with E-state index in [2.05, 4.69) is 92.1 Å². The van der Waals surface area contributed by atoms with E-state index >= 15 is 0 Å². The minimum absolute atomic E-state index is 0.104. The Kier molecular flexibility index (Phi) is 42.9. The van der Waals surface area contributed by atoms with E-state index < -0.39 is 12.1 Å². The van der Waals surface area contributed by atoms with Gasteiger partial charge in [0.05, 0.1) is 18.8 Å². The summed E-state index contributed by atoms with van der Waals surface area (Å²) in [6, 6.07) is -0.663. The van der Waals surface area contributed by atoms with Crippen LogP contribution in [0.3, 0.4) is 0 Å². The molecule has 0 aromatic carbocycles. The summed E-state index contributed by atoms with van der Waals surface area (Å²) < 4.78 is 0. The van der Waals surface area contributed by atoms with Gasteiger partial charge in [0.25, 0.3) is 0 Å². The maximum absolute atomic E-state index is 12.4. The molecule has 0 heterocycles. The first kappa shape index (κ1) is 51.6. The minimum Gasteiger partial charge on any atom is -0.394 e. The van der Waals surface area contributed by atoms with Gasteiger partial charge < -0.3 is 15.5 Å². The molecule has 0 saturated carbocycles. The smallest absolute Gasteiger partial charge is 0.220 e. The maximum Gasteiger partial charge on any atom is 0.220 e. The molecule has 2 atom stereocenters. The van der Waals surface area contributed by atoms with Gasteiger partial charge in [0.2, 0.25) is 5.91 Å². The molecule has 0 aromatic rings. The van der Waals surface area contributed by atoms with Crippen LogP contribution >= 0.6 is 0 Å². The molecule has 2 unspecified atom stereocenters. The number of rotatable bonds is 40. The molecule has 4 nitrogen and oxygen atoms in total. The number of carbonyl (C=O) groups is 1. The highest BCUT2D eigenvalue weighted by Crippen LogP contribution is 2.14. The van der Waals surface area contributed by atoms with Crippen molar-refractivity contribution < 1.29 is 15.0 Å². The van der Waals surface area contributed by atoms with Gasteiger partial charge in [0.1, 0.15) is 0 Å². The second-order valence-corrected chi connectivity index (χ2v) is 15.1. The predicted molar refractivity (Wildman–Crippen MR) is 239 cm³/mol. The van der Waals surface area contributed by atoms with Crippen molar-refractivity contribution in [1.82, 2.24) is 5.32 Å². The standard InChI is InChI=1S/C50H87NO3/c1-3-5-7-9-11-13-15-17-19-21-22-23-24-25-26-27-28-30-31-33-35-37-39-41-43-45-49(53)48(47-52)51-50(54)46-44-42-40-38-36-34-32-29-20-18-16-14-12-10-8-6-4-2/h6,8,12,14,18,20,28,30,32,34-35,37,43,45,48-49,52-53H,3-5,7,9-11,13,15-17,19,21-27,29,31,33,36,38-42,44,46-47H2,1-2H3,(H,51,54)/b8-6-,14-12-,20-18-,30-28+,34-32-,37-35+,45-43+. The van der Waals surface area contributed by atoms with E-state index in [1.807, 2.05) is 6.08 Å². The van der Waals surface area contributed by atoms with Gasteiger partial charge in [0.15, 0.2) is 0 Å². The largest absolute Gasteiger partial charge is 0.394 e. The van der Waals surface area contributed by atoms with Crippen molar-refractivity contribution in [1.29, 1.82) is 0 Å². The van der Waals surface area contributed by atoms with Gasteiger partial charge in [-0.2, -0.15) is 0 Å². The summed E-state index contributed by atoms with van der Waals surface area (Å²) in [5, 5.41) is 23.0. The molecule has 0 aliphatic rings. The van der Waals surface area contributed by atoms with E-state index in [9.17, 15) is 15.0 Å². The van der Waals surface area contributed by atoms with Crippen LogP contribution in [0, 0.1) is 0 Å². The first-order valence-electron chi connectivity index (χ1n) is 22.8. The van der Waals surface area contributed by atoms with Crippen molar-refractivity contribution in [2.45, 2.75) is 219 Å². The third-order valence-corrected chi connectivity index (χ3v) is 9.84. The molecule has 0 aliphatic carbocycles. The lowest BCUT2D eigenvalue weighted by Gasteiger charge is -2.19. The number of hydrogen-bond acceptors (Lipinski definition) is 3. The van der Waals surface area contributed by atoms with Gasteiger partial charge in [-0.25, -0.2) is 0 Å². The topological polar surface area (TPSA) is 69.6 Å². The Morgan fingerprint density at radius 3 is 1.30 bits per heavy atom. The van der Waals surface area contributed by atoms with Crippen LogP contribution in [-0.2, 0) is 4.79 Å². The summed E-state index contributed by atoms with van der Waals surface area (Å²) in [5.74, 6) is -0.104. The highest BCUT2D eigenvalue weighted by Gasteiger charge is 2.17. The van der Waals surface area contributed by atoms with E-state index in [1.54, 1.807) is 6.08 Å². The zero-order valence-electron chi connectivity index (χ0n) is 35.5. The Balaban J connectivity index is 3.69. The van der Waals surface area contributed by atoms with Crippen LogP contribution in [0.5, 0.6) is 0 Å². The summed E-state index contributed by atoms with van der Waals surface area (Å²) in [6.45, 7) is 4.16. The molecule has 0 radical (unpaired) electrons. The Bertz CT molecular complexity index is 988. The van der Waals surface area contributed by atoms with Gasteiger partial charge in [-0.05, 0) is 83.5 Å². The summed E-state index contributed by atoms with van der Waals surface area (Å²) in [7, 11) is 0. The molecule has 0 fully saturated rings. The van der Waals surface area contributed by atoms with Crippen molar-refractivity contribution >= 4 is 5.91 Å². The third kappa shape index (κ3) is 40.7. The lowest BCUT2D eigenvalue weighted by molar-refractivity contribution is -0.123. The Morgan fingerprint density at radius 1 is 0.463 bits per heavy atom. The number of carbonyl (C=O) groups excluding carboxylic acids is 1. The molecule has 310 valence electrons. The zero-order valence-corrected chi connectivity index (χ0v) is 35.5. The fourth-order valence-electron chi connectivity index (χ4n) is 6.38. The van der Waals surface area contributed by atoms with Crippen molar-refractivity contribution in [3.05, 3.63) is 85.1 Å². The first-order chi connectivity index (χ1) is 26.7. The predicted octanol–water partition coefficient (Wildman–Crippen LogP) is 14.5. The second-order valence-electron chi connectivity index (χ2n) is 15.1. The monoisotopic (exact) mass is 750 g/mol. The summed E-state index contributed by atoms with van der Waals surface area (Å²) >= 11 is 0. The van der Waals surface area contributed by atoms with Crippen molar-refractivity contribution in [3.8, 4) is 0 Å². The molecule has 1 amide bonds. The van der Waals surface area contributed by atoms with Crippen LogP contribution in [0.15, 0.2) is 85.1 Å². The number of unbranched alkanes of at least 4 members (excludes halogenated alkanes) is 21. The van der Waals surface area contributed by atoms with Crippen molar-refractivity contribution in [2.75, 3.05) is 6.61 Å². The number of nitrogens with one attached hydrogen (secondary N) is 1. The molecule has 0 rings (SSSR count). The summed E-state index contributed by atoms with van der Waals surface area (Å²) in [5.41, 5.74) is 0. The van der Waals surface area contributed by atoms with E-state index in [0.29, 0.717) is 6.42 Å². The number of amides is 1. The Hall–Kier alpha value is -2.43. The molecule has 0 bridgehead atoms. The lowest BCUT2D eigenvalue weighted by atomic mass is 10.0. The first-order valence-corrected chi connectivity index (χ1v) is 22.8. The molecule has 4 heteroatoms. The Labute approximate surface area is 335 Å². The van der Waals surface area contributed by atoms with Crippen LogP contribution in [0.25, 0.3) is 0 Å². The van der Waals surface area contributed by atoms with Gasteiger partial charge in [-0.15, -0.1) is 0 Å². The Morgan fingerprint density at radius 2 is 0.833 bits per heavy atom. The van der Waals surface area contributed by atoms with E-state index in [-0.39, 0.29) is 12.5 Å². The number of allylic oxidation sites excluding steroid dienone is 13. The molecule has 0 spiro atoms. The molecule has 0 aliphatic heterocycles. The van der Waals surface area contributed by atoms with Gasteiger partial charge >= 0.3 is 0 Å². The molecule has 54 heavy (non-hydrogen) atoms. The fourth-order valence-corrected chi connectivity index (χ4v) is 6.38. The summed E-state index contributed by atoms with van der Waals surface area (Å²) in [6.07, 6.45) is 65.6. The van der Waals surface area contributed by atoms with Gasteiger partial charge in [0, 0.05) is 6.42 Å². The molecule has 0 saturated heterocycles. The van der Waals surface area contributed by atoms with Crippen LogP contribution in [0.4, 0.5) is 0 Å². The fraction of sp³-hybridized carbons (Fsp3) is 0.700. The molecule has 0 aromatic heterocycles. The highest BCUT2D eigenvalue weighted by molar-refractivity contribution is 5.76. The van der Waals surface area contributed by atoms with Gasteiger partial charge in [-0.3, -0.25) is 4.79 Å². The maximum atomic E-state index is 12.4. The van der Waals surface area contributed by atoms with E-state index in [1.165, 1.54) is 103 Å². The van der Waals surface area contributed by atoms with Crippen LogP contribution in [0.2, 0.25) is 0 Å². The normalized spacial score (nSPS) is 13.8. The lowest BCUT2D eigenvalue weighted by Crippen LogP contribution is -2.45.